The number of hydrogen-bond donors (Lipinski definition) is 0. The molecular formula is C22H18BrN3O. The average molecular weight is 420 g/mol. The molecule has 0 saturated carbocycles. The van der Waals surface area contributed by atoms with Crippen molar-refractivity contribution < 1.29 is 4.79 Å². The Kier molecular flexibility index (Phi) is 4.86. The zero-order valence-corrected chi connectivity index (χ0v) is 16.4. The van der Waals surface area contributed by atoms with E-state index in [1.807, 2.05) is 42.5 Å². The number of hydrogen-bond acceptors (Lipinski definition) is 3. The Hall–Kier alpha value is -2.79. The number of amides is 1. The van der Waals surface area contributed by atoms with Crippen molar-refractivity contribution >= 4 is 27.5 Å². The molecule has 4 nitrogen and oxygen atoms in total. The molecule has 2 unspecified atom stereocenters. The van der Waals surface area contributed by atoms with Crippen LogP contribution in [0.2, 0.25) is 0 Å². The third-order valence-corrected chi connectivity index (χ3v) is 5.56. The van der Waals surface area contributed by atoms with Crippen LogP contribution in [0.4, 0.5) is 0 Å². The summed E-state index contributed by atoms with van der Waals surface area (Å²) >= 11 is 3.80. The number of alkyl halides is 1. The van der Waals surface area contributed by atoms with Gasteiger partial charge in [0.05, 0.1) is 22.1 Å². The van der Waals surface area contributed by atoms with Gasteiger partial charge in [0.15, 0.2) is 0 Å². The van der Waals surface area contributed by atoms with E-state index in [4.69, 9.17) is 5.10 Å². The molecule has 1 aromatic heterocycles. The summed E-state index contributed by atoms with van der Waals surface area (Å²) in [5.74, 6) is -0.163. The number of aromatic nitrogens is 1. The van der Waals surface area contributed by atoms with E-state index >= 15 is 0 Å². The number of hydrazone groups is 1. The first-order valence-electron chi connectivity index (χ1n) is 8.73. The monoisotopic (exact) mass is 419 g/mol. The van der Waals surface area contributed by atoms with Crippen molar-refractivity contribution in [2.45, 2.75) is 17.8 Å². The minimum atomic E-state index is -0.227. The minimum Gasteiger partial charge on any atom is -0.267 e. The topological polar surface area (TPSA) is 45.6 Å². The van der Waals surface area contributed by atoms with Crippen molar-refractivity contribution in [1.29, 1.82) is 0 Å². The largest absolute Gasteiger partial charge is 0.276 e. The fourth-order valence-electron chi connectivity index (χ4n) is 3.20. The van der Waals surface area contributed by atoms with Gasteiger partial charge < -0.3 is 0 Å². The SMILES string of the molecule is Cc1ccc(C2=NN(C(=O)c3cccnc3)C(c3ccccc3)C2Br)cc1. The fraction of sp³-hybridized carbons (Fsp3) is 0.136. The molecule has 0 N–H and O–H groups in total. The maximum atomic E-state index is 13.2. The lowest BCUT2D eigenvalue weighted by atomic mass is 9.97. The first-order valence-corrected chi connectivity index (χ1v) is 9.65. The lowest BCUT2D eigenvalue weighted by Crippen LogP contribution is -2.31. The molecule has 0 spiro atoms. The summed E-state index contributed by atoms with van der Waals surface area (Å²) in [6.07, 6.45) is 3.23. The molecule has 0 fully saturated rings. The molecule has 1 amide bonds. The maximum absolute atomic E-state index is 13.2. The highest BCUT2D eigenvalue weighted by Crippen LogP contribution is 2.38. The van der Waals surface area contributed by atoms with Gasteiger partial charge in [-0.1, -0.05) is 76.1 Å². The number of benzene rings is 2. The van der Waals surface area contributed by atoms with E-state index in [9.17, 15) is 4.79 Å². The van der Waals surface area contributed by atoms with Gasteiger partial charge in [-0.3, -0.25) is 9.78 Å². The molecule has 3 aromatic rings. The van der Waals surface area contributed by atoms with Gasteiger partial charge in [-0.2, -0.15) is 5.10 Å². The van der Waals surface area contributed by atoms with E-state index in [0.29, 0.717) is 5.56 Å². The van der Waals surface area contributed by atoms with Crippen molar-refractivity contribution in [2.24, 2.45) is 5.10 Å². The molecule has 0 radical (unpaired) electrons. The van der Waals surface area contributed by atoms with Crippen LogP contribution in [-0.2, 0) is 0 Å². The summed E-state index contributed by atoms with van der Waals surface area (Å²) < 4.78 is 0. The zero-order chi connectivity index (χ0) is 18.8. The van der Waals surface area contributed by atoms with Gasteiger partial charge >= 0.3 is 0 Å². The van der Waals surface area contributed by atoms with Crippen LogP contribution in [0, 0.1) is 6.92 Å². The van der Waals surface area contributed by atoms with Crippen molar-refractivity contribution in [2.75, 3.05) is 0 Å². The van der Waals surface area contributed by atoms with Crippen LogP contribution in [0.25, 0.3) is 0 Å². The van der Waals surface area contributed by atoms with E-state index in [1.54, 1.807) is 29.5 Å². The first-order chi connectivity index (χ1) is 13.1. The Morgan fingerprint density at radius 2 is 1.74 bits per heavy atom. The third-order valence-electron chi connectivity index (χ3n) is 4.62. The van der Waals surface area contributed by atoms with Crippen molar-refractivity contribution in [3.8, 4) is 0 Å². The number of nitrogens with zero attached hydrogens (tertiary/aromatic N) is 3. The second-order valence-electron chi connectivity index (χ2n) is 6.50. The first kappa shape index (κ1) is 17.6. The van der Waals surface area contributed by atoms with Crippen LogP contribution >= 0.6 is 15.9 Å². The van der Waals surface area contributed by atoms with Crippen LogP contribution in [0.1, 0.15) is 33.1 Å². The van der Waals surface area contributed by atoms with E-state index in [2.05, 4.69) is 40.0 Å². The summed E-state index contributed by atoms with van der Waals surface area (Å²) in [7, 11) is 0. The molecule has 0 bridgehead atoms. The van der Waals surface area contributed by atoms with Gasteiger partial charge in [0.1, 0.15) is 0 Å². The number of pyridine rings is 1. The molecule has 0 aliphatic carbocycles. The standard InChI is InChI=1S/C22H18BrN3O/c1-15-9-11-16(12-10-15)20-19(23)21(17-6-3-2-4-7-17)26(25-20)22(27)18-8-5-13-24-14-18/h2-14,19,21H,1H3. The Balaban J connectivity index is 1.78. The Morgan fingerprint density at radius 1 is 1.00 bits per heavy atom. The molecule has 134 valence electrons. The van der Waals surface area contributed by atoms with Gasteiger partial charge in [-0.15, -0.1) is 0 Å². The molecule has 2 aromatic carbocycles. The minimum absolute atomic E-state index is 0.108. The molecule has 1 aliphatic heterocycles. The molecule has 2 heterocycles. The normalized spacial score (nSPS) is 19.0. The van der Waals surface area contributed by atoms with Gasteiger partial charge in [0, 0.05) is 12.4 Å². The predicted octanol–water partition coefficient (Wildman–Crippen LogP) is 4.75. The van der Waals surface area contributed by atoms with Crippen LogP contribution in [-0.4, -0.2) is 26.4 Å². The molecular weight excluding hydrogens is 402 g/mol. The molecule has 1 aliphatic rings. The van der Waals surface area contributed by atoms with Gasteiger partial charge in [0.2, 0.25) is 0 Å². The second kappa shape index (κ2) is 7.45. The molecule has 27 heavy (non-hydrogen) atoms. The van der Waals surface area contributed by atoms with Gasteiger partial charge in [-0.05, 0) is 30.2 Å². The van der Waals surface area contributed by atoms with E-state index in [1.165, 1.54) is 5.56 Å². The summed E-state index contributed by atoms with van der Waals surface area (Å²) in [5, 5.41) is 6.30. The zero-order valence-electron chi connectivity index (χ0n) is 14.8. The lowest BCUT2D eigenvalue weighted by Gasteiger charge is -2.24. The summed E-state index contributed by atoms with van der Waals surface area (Å²) in [6.45, 7) is 2.05. The summed E-state index contributed by atoms with van der Waals surface area (Å²) in [4.78, 5) is 17.1. The lowest BCUT2D eigenvalue weighted by molar-refractivity contribution is 0.0714. The Morgan fingerprint density at radius 3 is 2.41 bits per heavy atom. The number of rotatable bonds is 3. The number of aryl methyl sites for hydroxylation is 1. The van der Waals surface area contributed by atoms with E-state index in [0.717, 1.165) is 16.8 Å². The van der Waals surface area contributed by atoms with E-state index < -0.39 is 0 Å². The van der Waals surface area contributed by atoms with Crippen molar-refractivity contribution in [3.05, 3.63) is 101 Å². The number of carbonyl (C=O) groups excluding carboxylic acids is 1. The molecule has 5 heteroatoms. The quantitative estimate of drug-likeness (QED) is 0.574. The maximum Gasteiger partial charge on any atom is 0.276 e. The molecule has 4 rings (SSSR count). The Labute approximate surface area is 166 Å². The van der Waals surface area contributed by atoms with Gasteiger partial charge in [0.25, 0.3) is 5.91 Å². The van der Waals surface area contributed by atoms with Gasteiger partial charge in [-0.25, -0.2) is 5.01 Å². The van der Waals surface area contributed by atoms with Crippen LogP contribution in [0.5, 0.6) is 0 Å². The fourth-order valence-corrected chi connectivity index (χ4v) is 4.09. The predicted molar refractivity (Wildman–Crippen MR) is 110 cm³/mol. The molecule has 2 atom stereocenters. The van der Waals surface area contributed by atoms with Crippen LogP contribution < -0.4 is 0 Å². The highest BCUT2D eigenvalue weighted by molar-refractivity contribution is 9.10. The average Bonchev–Trinajstić information content (AvgIpc) is 3.06. The highest BCUT2D eigenvalue weighted by Gasteiger charge is 2.40. The van der Waals surface area contributed by atoms with Crippen LogP contribution in [0.15, 0.2) is 84.2 Å². The highest BCUT2D eigenvalue weighted by atomic mass is 79.9. The number of halogens is 1. The van der Waals surface area contributed by atoms with Crippen molar-refractivity contribution in [3.63, 3.8) is 0 Å². The van der Waals surface area contributed by atoms with E-state index in [-0.39, 0.29) is 16.8 Å². The summed E-state index contributed by atoms with van der Waals surface area (Å²) in [6, 6.07) is 21.5. The third kappa shape index (κ3) is 3.43. The van der Waals surface area contributed by atoms with Crippen LogP contribution in [0.3, 0.4) is 0 Å². The Bertz CT molecular complexity index is 971. The summed E-state index contributed by atoms with van der Waals surface area (Å²) in [5.41, 5.74) is 4.59. The number of carbonyl (C=O) groups is 1. The molecule has 0 saturated heterocycles. The smallest absolute Gasteiger partial charge is 0.267 e. The second-order valence-corrected chi connectivity index (χ2v) is 7.49. The van der Waals surface area contributed by atoms with Crippen molar-refractivity contribution in [1.82, 2.24) is 9.99 Å².